The first-order chi connectivity index (χ1) is 6.79. The van der Waals surface area contributed by atoms with Gasteiger partial charge in [0.2, 0.25) is 0 Å². The first kappa shape index (κ1) is 8.95. The van der Waals surface area contributed by atoms with Crippen molar-refractivity contribution in [1.82, 2.24) is 10.2 Å². The zero-order chi connectivity index (χ0) is 9.97. The topological polar surface area (TPSA) is 61.6 Å². The molecule has 1 saturated carbocycles. The quantitative estimate of drug-likeness (QED) is 0.779. The van der Waals surface area contributed by atoms with E-state index in [-0.39, 0.29) is 0 Å². The Morgan fingerprint density at radius 1 is 1.57 bits per heavy atom. The van der Waals surface area contributed by atoms with E-state index in [2.05, 4.69) is 22.4 Å². The highest BCUT2D eigenvalue weighted by Crippen LogP contribution is 2.37. The molecule has 4 heteroatoms. The molecule has 14 heavy (non-hydrogen) atoms. The minimum Gasteiger partial charge on any atom is -0.368 e. The first-order valence-electron chi connectivity index (χ1n) is 4.77. The van der Waals surface area contributed by atoms with Crippen LogP contribution in [-0.4, -0.2) is 16.7 Å². The highest BCUT2D eigenvalue weighted by Gasteiger charge is 2.31. The summed E-state index contributed by atoms with van der Waals surface area (Å²) >= 11 is 0. The molecule has 0 aromatic carbocycles. The van der Waals surface area contributed by atoms with Crippen LogP contribution in [0.4, 0.5) is 5.82 Å². The van der Waals surface area contributed by atoms with Gasteiger partial charge >= 0.3 is 0 Å². The molecular formula is C10H12N4. The van der Waals surface area contributed by atoms with Crippen molar-refractivity contribution in [3.63, 3.8) is 0 Å². The van der Waals surface area contributed by atoms with E-state index in [9.17, 15) is 0 Å². The highest BCUT2D eigenvalue weighted by atomic mass is 15.2. The molecule has 0 spiro atoms. The van der Waals surface area contributed by atoms with Gasteiger partial charge in [0.15, 0.2) is 5.69 Å². The van der Waals surface area contributed by atoms with E-state index in [0.717, 1.165) is 24.2 Å². The fourth-order valence-corrected chi connectivity index (χ4v) is 1.41. The molecule has 1 N–H and O–H groups in total. The van der Waals surface area contributed by atoms with Gasteiger partial charge in [-0.15, -0.1) is 10.2 Å². The van der Waals surface area contributed by atoms with E-state index < -0.39 is 0 Å². The Morgan fingerprint density at radius 2 is 2.36 bits per heavy atom. The van der Waals surface area contributed by atoms with Crippen LogP contribution in [0, 0.1) is 23.2 Å². The van der Waals surface area contributed by atoms with Crippen LogP contribution < -0.4 is 5.32 Å². The van der Waals surface area contributed by atoms with Gasteiger partial charge in [0.1, 0.15) is 11.9 Å². The lowest BCUT2D eigenvalue weighted by Crippen LogP contribution is -2.06. The Bertz CT molecular complexity index is 351. The Labute approximate surface area is 83.0 Å². The maximum atomic E-state index is 8.52. The van der Waals surface area contributed by atoms with Crippen molar-refractivity contribution in [1.29, 1.82) is 5.26 Å². The third-order valence-electron chi connectivity index (χ3n) is 2.60. The van der Waals surface area contributed by atoms with Crippen molar-refractivity contribution < 1.29 is 0 Å². The van der Waals surface area contributed by atoms with Gasteiger partial charge in [-0.25, -0.2) is 0 Å². The molecule has 1 fully saturated rings. The molecule has 2 rings (SSSR count). The molecule has 1 aromatic heterocycles. The SMILES string of the molecule is CC1CC1CNc1ccc(C#N)nn1. The summed E-state index contributed by atoms with van der Waals surface area (Å²) in [6, 6.07) is 5.40. The van der Waals surface area contributed by atoms with Crippen molar-refractivity contribution in [3.05, 3.63) is 17.8 Å². The fourth-order valence-electron chi connectivity index (χ4n) is 1.41. The molecule has 4 nitrogen and oxygen atoms in total. The Hall–Kier alpha value is -1.63. The lowest BCUT2D eigenvalue weighted by atomic mass is 10.3. The van der Waals surface area contributed by atoms with Crippen LogP contribution in [0.1, 0.15) is 19.0 Å². The average molecular weight is 188 g/mol. The molecule has 2 atom stereocenters. The van der Waals surface area contributed by atoms with Gasteiger partial charge in [-0.05, 0) is 30.4 Å². The molecule has 2 unspecified atom stereocenters. The summed E-state index contributed by atoms with van der Waals surface area (Å²) in [6.07, 6.45) is 1.30. The molecular weight excluding hydrogens is 176 g/mol. The molecule has 0 radical (unpaired) electrons. The second-order valence-electron chi connectivity index (χ2n) is 3.77. The van der Waals surface area contributed by atoms with E-state index in [0.29, 0.717) is 5.69 Å². The first-order valence-corrected chi connectivity index (χ1v) is 4.77. The number of hydrogen-bond acceptors (Lipinski definition) is 4. The zero-order valence-electron chi connectivity index (χ0n) is 8.07. The fraction of sp³-hybridized carbons (Fsp3) is 0.500. The summed E-state index contributed by atoms with van der Waals surface area (Å²) in [5.74, 6) is 2.38. The standard InChI is InChI=1S/C10H12N4/c1-7-4-8(7)6-12-10-3-2-9(5-11)13-14-10/h2-3,7-8H,4,6H2,1H3,(H,12,14). The molecule has 0 aliphatic heterocycles. The molecule has 1 heterocycles. The van der Waals surface area contributed by atoms with Crippen LogP contribution in [0.2, 0.25) is 0 Å². The summed E-state index contributed by atoms with van der Waals surface area (Å²) in [4.78, 5) is 0. The molecule has 1 aliphatic carbocycles. The van der Waals surface area contributed by atoms with Gasteiger partial charge in [-0.2, -0.15) is 5.26 Å². The third kappa shape index (κ3) is 1.99. The van der Waals surface area contributed by atoms with E-state index >= 15 is 0 Å². The van der Waals surface area contributed by atoms with Crippen molar-refractivity contribution in [2.24, 2.45) is 11.8 Å². The van der Waals surface area contributed by atoms with Gasteiger partial charge in [0.05, 0.1) is 0 Å². The summed E-state index contributed by atoms with van der Waals surface area (Å²) < 4.78 is 0. The summed E-state index contributed by atoms with van der Waals surface area (Å²) in [6.45, 7) is 3.21. The van der Waals surface area contributed by atoms with Crippen molar-refractivity contribution in [2.45, 2.75) is 13.3 Å². The van der Waals surface area contributed by atoms with Crippen LogP contribution in [0.15, 0.2) is 12.1 Å². The van der Waals surface area contributed by atoms with Crippen LogP contribution in [0.3, 0.4) is 0 Å². The maximum absolute atomic E-state index is 8.52. The molecule has 72 valence electrons. The molecule has 1 aromatic rings. The van der Waals surface area contributed by atoms with Crippen molar-refractivity contribution >= 4 is 5.82 Å². The number of nitrogens with one attached hydrogen (secondary N) is 1. The Morgan fingerprint density at radius 3 is 2.86 bits per heavy atom. The summed E-state index contributed by atoms with van der Waals surface area (Å²) in [7, 11) is 0. The Kier molecular flexibility index (Phi) is 2.32. The van der Waals surface area contributed by atoms with Crippen LogP contribution in [0.5, 0.6) is 0 Å². The number of hydrogen-bond donors (Lipinski definition) is 1. The minimum absolute atomic E-state index is 0.357. The van der Waals surface area contributed by atoms with Crippen LogP contribution >= 0.6 is 0 Å². The number of anilines is 1. The molecule has 0 bridgehead atoms. The zero-order valence-corrected chi connectivity index (χ0v) is 8.07. The lowest BCUT2D eigenvalue weighted by Gasteiger charge is -2.02. The molecule has 0 amide bonds. The second-order valence-corrected chi connectivity index (χ2v) is 3.77. The normalized spacial score (nSPS) is 24.0. The van der Waals surface area contributed by atoms with Gasteiger partial charge < -0.3 is 5.32 Å². The van der Waals surface area contributed by atoms with Gasteiger partial charge in [-0.3, -0.25) is 0 Å². The van der Waals surface area contributed by atoms with E-state index in [1.165, 1.54) is 6.42 Å². The minimum atomic E-state index is 0.357. The van der Waals surface area contributed by atoms with Gasteiger partial charge in [0, 0.05) is 6.54 Å². The number of nitriles is 1. The summed E-state index contributed by atoms with van der Waals surface area (Å²) in [5.41, 5.74) is 0.357. The predicted octanol–water partition coefficient (Wildman–Crippen LogP) is 1.42. The Balaban J connectivity index is 1.87. The largest absolute Gasteiger partial charge is 0.368 e. The van der Waals surface area contributed by atoms with Crippen molar-refractivity contribution in [3.8, 4) is 6.07 Å². The van der Waals surface area contributed by atoms with Crippen molar-refractivity contribution in [2.75, 3.05) is 11.9 Å². The second kappa shape index (κ2) is 3.62. The van der Waals surface area contributed by atoms with Gasteiger partial charge in [0.25, 0.3) is 0 Å². The smallest absolute Gasteiger partial charge is 0.163 e. The number of rotatable bonds is 3. The number of aromatic nitrogens is 2. The van der Waals surface area contributed by atoms with Crippen LogP contribution in [-0.2, 0) is 0 Å². The van der Waals surface area contributed by atoms with E-state index in [1.54, 1.807) is 12.1 Å². The van der Waals surface area contributed by atoms with E-state index in [1.807, 2.05) is 6.07 Å². The maximum Gasteiger partial charge on any atom is 0.163 e. The molecule has 1 aliphatic rings. The molecule has 0 saturated heterocycles. The van der Waals surface area contributed by atoms with Gasteiger partial charge in [-0.1, -0.05) is 6.92 Å². The summed E-state index contributed by atoms with van der Waals surface area (Å²) in [5, 5.41) is 19.4. The van der Waals surface area contributed by atoms with Crippen LogP contribution in [0.25, 0.3) is 0 Å². The monoisotopic (exact) mass is 188 g/mol. The lowest BCUT2D eigenvalue weighted by molar-refractivity contribution is 0.781. The van der Waals surface area contributed by atoms with E-state index in [4.69, 9.17) is 5.26 Å². The third-order valence-corrected chi connectivity index (χ3v) is 2.60. The highest BCUT2D eigenvalue weighted by molar-refractivity contribution is 5.35. The number of nitrogens with zero attached hydrogens (tertiary/aromatic N) is 3. The predicted molar refractivity (Wildman–Crippen MR) is 52.5 cm³/mol. The average Bonchev–Trinajstić information content (AvgIpc) is 2.92.